The molecule has 6 aromatic heterocycles. The second-order valence-electron chi connectivity index (χ2n) is 17.0. The van der Waals surface area contributed by atoms with E-state index >= 15 is 0 Å². The van der Waals surface area contributed by atoms with Crippen molar-refractivity contribution in [3.63, 3.8) is 0 Å². The van der Waals surface area contributed by atoms with Crippen LogP contribution in [0.25, 0.3) is 89.9 Å². The van der Waals surface area contributed by atoms with Crippen LogP contribution in [-0.4, -0.2) is 66.5 Å². The molecule has 0 aliphatic heterocycles. The zero-order valence-electron chi connectivity index (χ0n) is 45.7. The fraction of sp³-hybridized carbons (Fsp3) is 0.106. The third-order valence-electron chi connectivity index (χ3n) is 11.5. The smallest absolute Gasteiger partial charge is 0.430 e. The van der Waals surface area contributed by atoms with E-state index in [0.29, 0.717) is 11.4 Å². The van der Waals surface area contributed by atoms with Gasteiger partial charge in [-0.2, -0.15) is 13.2 Å². The van der Waals surface area contributed by atoms with Gasteiger partial charge >= 0.3 is 6.18 Å². The molecule has 6 aromatic carbocycles. The van der Waals surface area contributed by atoms with Gasteiger partial charge in [0.2, 0.25) is 11.4 Å². The molecule has 6 heterocycles. The summed E-state index contributed by atoms with van der Waals surface area (Å²) < 4.78 is 43.5. The average Bonchev–Trinajstić information content (AvgIpc) is 4.27. The number of aliphatic hydroxyl groups excluding tert-OH is 2. The van der Waals surface area contributed by atoms with Crippen LogP contribution in [0.1, 0.15) is 22.5 Å². The Morgan fingerprint density at radius 2 is 0.783 bits per heavy atom. The van der Waals surface area contributed by atoms with Crippen molar-refractivity contribution in [2.24, 2.45) is 0 Å². The number of aliphatic carboxylic acids is 1. The molecule has 0 atom stereocenters. The normalized spacial score (nSPS) is 10.0. The molecule has 0 fully saturated rings. The largest absolute Gasteiger partial charge is 0.542 e. The van der Waals surface area contributed by atoms with E-state index in [1.54, 1.807) is 6.33 Å². The standard InChI is InChI=1S/C19H14N2O.C19H13N2O.2C12H10N.C2HF3O2.2CH4O.2Ir/c2*1-13-16-17(14-8-4-2-5-9-14)20-12-21-19(16)22-18(13)15-10-6-3-7-11-15;2*1-10-6-5-9-12(13-10)11-7-3-2-4-8-11;3-2(4,5)1(6)7;2*1-2;;/h2-12H,1H3;2-8,10-12H,1H3;2*2-7,9H,1H3;(H,6,7);2*2H,1H3;;/q;3*-1;;;;;/p-1. The molecule has 0 saturated heterocycles. The summed E-state index contributed by atoms with van der Waals surface area (Å²) >= 11 is 0. The van der Waals surface area contributed by atoms with Gasteiger partial charge in [-0.1, -0.05) is 115 Å². The molecule has 0 amide bonds. The summed E-state index contributed by atoms with van der Waals surface area (Å²) in [5.41, 5.74) is 15.4. The number of carbonyl (C=O) groups excluding carboxylic acids is 1. The molecular weight excluding hydrogens is 1410 g/mol. The van der Waals surface area contributed by atoms with E-state index in [1.807, 2.05) is 209 Å². The minimum Gasteiger partial charge on any atom is -0.542 e. The molecule has 12 aromatic rings. The Hall–Kier alpha value is -8.66. The number of fused-ring (bicyclic) bond motifs is 2. The summed E-state index contributed by atoms with van der Waals surface area (Å²) in [5.74, 6) is -1.31. The summed E-state index contributed by atoms with van der Waals surface area (Å²) in [4.78, 5) is 35.1. The first-order chi connectivity index (χ1) is 39.4. The number of halogens is 3. The second kappa shape index (κ2) is 33.9. The number of nitrogens with zero attached hydrogens (tertiary/aromatic N) is 6. The van der Waals surface area contributed by atoms with E-state index < -0.39 is 12.1 Å². The van der Waals surface area contributed by atoms with Crippen molar-refractivity contribution in [1.29, 1.82) is 0 Å². The minimum atomic E-state index is -5.19. The number of furan rings is 2. The number of aryl methyl sites for hydroxylation is 4. The minimum absolute atomic E-state index is 0. The van der Waals surface area contributed by atoms with Crippen molar-refractivity contribution < 1.29 is 82.3 Å². The topological polar surface area (TPSA) is 184 Å². The molecular formula is C66H55F3Ir2N6O6-4. The van der Waals surface area contributed by atoms with E-state index in [2.05, 4.69) is 67.2 Å². The number of benzene rings is 6. The van der Waals surface area contributed by atoms with Gasteiger partial charge in [-0.3, -0.25) is 4.98 Å². The van der Waals surface area contributed by atoms with Crippen molar-refractivity contribution >= 4 is 28.2 Å². The van der Waals surface area contributed by atoms with Gasteiger partial charge in [0, 0.05) is 99.2 Å². The Labute approximate surface area is 506 Å². The maximum absolute atomic E-state index is 10.5. The molecule has 0 saturated carbocycles. The number of carboxylic acids is 1. The van der Waals surface area contributed by atoms with Gasteiger partial charge < -0.3 is 38.9 Å². The Bertz CT molecular complexity index is 3590. The van der Waals surface area contributed by atoms with Crippen LogP contribution >= 0.6 is 0 Å². The van der Waals surface area contributed by atoms with Crippen LogP contribution < -0.4 is 5.11 Å². The molecule has 0 spiro atoms. The van der Waals surface area contributed by atoms with Crippen LogP contribution in [-0.2, 0) is 45.0 Å². The molecule has 0 unspecified atom stereocenters. The van der Waals surface area contributed by atoms with Crippen molar-refractivity contribution in [1.82, 2.24) is 29.9 Å². The monoisotopic (exact) mass is 1470 g/mol. The van der Waals surface area contributed by atoms with Crippen LogP contribution in [0.4, 0.5) is 13.2 Å². The number of carbonyl (C=O) groups is 1. The first-order valence-corrected chi connectivity index (χ1v) is 25.0. The van der Waals surface area contributed by atoms with E-state index in [4.69, 9.17) is 28.9 Å². The molecule has 0 aliphatic rings. The van der Waals surface area contributed by atoms with Crippen molar-refractivity contribution in [2.75, 3.05) is 14.2 Å². The van der Waals surface area contributed by atoms with E-state index in [0.717, 1.165) is 115 Å². The number of hydrogen-bond donors (Lipinski definition) is 2. The first kappa shape index (κ1) is 66.8. The Morgan fingerprint density at radius 1 is 0.446 bits per heavy atom. The number of carboxylic acid groups (broad SMARTS) is 1. The molecule has 2 radical (unpaired) electrons. The molecule has 2 N–H and O–H groups in total. The van der Waals surface area contributed by atoms with Crippen molar-refractivity contribution in [2.45, 2.75) is 33.9 Å². The molecule has 0 bridgehead atoms. The van der Waals surface area contributed by atoms with E-state index in [1.165, 1.54) is 6.33 Å². The Kier molecular flexibility index (Phi) is 27.3. The van der Waals surface area contributed by atoms with Gasteiger partial charge in [0.1, 0.15) is 30.1 Å². The number of aliphatic hydroxyl groups is 2. The molecule has 0 aliphatic carbocycles. The number of rotatable bonds is 6. The number of aromatic nitrogens is 6. The summed E-state index contributed by atoms with van der Waals surface area (Å²) in [6.45, 7) is 8.09. The zero-order chi connectivity index (χ0) is 58.2. The molecule has 17 heteroatoms. The van der Waals surface area contributed by atoms with Gasteiger partial charge in [0.15, 0.2) is 0 Å². The Balaban J connectivity index is 0.000000228. The van der Waals surface area contributed by atoms with E-state index in [9.17, 15) is 13.2 Å². The maximum Gasteiger partial charge on any atom is 0.430 e. The zero-order valence-corrected chi connectivity index (χ0v) is 50.5. The van der Waals surface area contributed by atoms with Gasteiger partial charge in [-0.15, -0.1) is 108 Å². The van der Waals surface area contributed by atoms with Crippen LogP contribution in [0.2, 0.25) is 0 Å². The molecule has 12 nitrogen and oxygen atoms in total. The first-order valence-electron chi connectivity index (χ1n) is 25.0. The number of pyridine rings is 2. The summed E-state index contributed by atoms with van der Waals surface area (Å²) in [7, 11) is 2.00. The molecule has 12 rings (SSSR count). The predicted octanol–water partition coefficient (Wildman–Crippen LogP) is 13.8. The van der Waals surface area contributed by atoms with Gasteiger partial charge in [-0.25, -0.2) is 15.0 Å². The molecule has 428 valence electrons. The van der Waals surface area contributed by atoms with Gasteiger partial charge in [0.25, 0.3) is 0 Å². The van der Waals surface area contributed by atoms with Crippen LogP contribution in [0.15, 0.2) is 222 Å². The average molecular weight is 1470 g/mol. The fourth-order valence-electron chi connectivity index (χ4n) is 7.92. The SMILES string of the molecule is CO.CO.Cc1c(-c2ccccc2)oc2ncnc(-c3[c-]cccc3)c12.Cc1c(-c2ccccc2)oc2ncnc(-c3ccccc3)c12.Cc1cccc(-c2[c-]cccc2)n1.Cc1cccc(-c2[c-]cccc2)n1.O=C([O-])C(F)(F)F.[Ir].[Ir]. The third-order valence-corrected chi connectivity index (χ3v) is 11.5. The number of alkyl halides is 3. The number of hydrogen-bond acceptors (Lipinski definition) is 12. The van der Waals surface area contributed by atoms with Crippen LogP contribution in [0.5, 0.6) is 0 Å². The summed E-state index contributed by atoms with van der Waals surface area (Å²) in [5, 5.41) is 24.7. The molecule has 83 heavy (non-hydrogen) atoms. The predicted molar refractivity (Wildman–Crippen MR) is 308 cm³/mol. The van der Waals surface area contributed by atoms with Gasteiger partial charge in [-0.05, 0) is 56.8 Å². The Morgan fingerprint density at radius 3 is 1.13 bits per heavy atom. The van der Waals surface area contributed by atoms with Crippen molar-refractivity contribution in [3.8, 4) is 67.7 Å². The summed E-state index contributed by atoms with van der Waals surface area (Å²) in [6.07, 6.45) is -2.10. The van der Waals surface area contributed by atoms with E-state index in [-0.39, 0.29) is 40.2 Å². The summed E-state index contributed by atoms with van der Waals surface area (Å²) in [6, 6.07) is 75.4. The van der Waals surface area contributed by atoms with Crippen molar-refractivity contribution in [3.05, 3.63) is 254 Å². The maximum atomic E-state index is 10.5. The third kappa shape index (κ3) is 18.7. The van der Waals surface area contributed by atoms with Crippen LogP contribution in [0.3, 0.4) is 0 Å². The second-order valence-corrected chi connectivity index (χ2v) is 17.0. The quantitative estimate of drug-likeness (QED) is 0.150. The fourth-order valence-corrected chi connectivity index (χ4v) is 7.92. The van der Waals surface area contributed by atoms with Crippen LogP contribution in [0, 0.1) is 45.9 Å². The van der Waals surface area contributed by atoms with Gasteiger partial charge in [0.05, 0.1) is 11.1 Å².